The fourth-order valence-corrected chi connectivity index (χ4v) is 3.59. The van der Waals surface area contributed by atoms with E-state index >= 15 is 0 Å². The Balaban J connectivity index is 1.80. The molecule has 1 atom stereocenters. The molecule has 0 bridgehead atoms. The van der Waals surface area contributed by atoms with Crippen LogP contribution in [0.2, 0.25) is 0 Å². The van der Waals surface area contributed by atoms with Crippen molar-refractivity contribution in [3.05, 3.63) is 40.0 Å². The summed E-state index contributed by atoms with van der Waals surface area (Å²) in [6.45, 7) is 1.22. The molecule has 1 aliphatic heterocycles. The molecule has 2 aromatic heterocycles. The molecule has 2 aromatic rings. The summed E-state index contributed by atoms with van der Waals surface area (Å²) in [5, 5.41) is 6.44. The molecule has 122 valence electrons. The third-order valence-corrected chi connectivity index (χ3v) is 4.88. The molecule has 0 spiro atoms. The minimum Gasteiger partial charge on any atom is -0.375 e. The van der Waals surface area contributed by atoms with Gasteiger partial charge < -0.3 is 9.64 Å². The Morgan fingerprint density at radius 3 is 3.04 bits per heavy atom. The Kier molecular flexibility index (Phi) is 4.88. The number of hydrogen-bond acceptors (Lipinski definition) is 5. The van der Waals surface area contributed by atoms with Crippen molar-refractivity contribution in [2.45, 2.75) is 25.4 Å². The fourth-order valence-electron chi connectivity index (χ4n) is 2.90. The molecule has 3 rings (SSSR count). The Morgan fingerprint density at radius 2 is 2.30 bits per heavy atom. The van der Waals surface area contributed by atoms with Gasteiger partial charge in [-0.15, -0.1) is 11.3 Å². The predicted molar refractivity (Wildman–Crippen MR) is 88.4 cm³/mol. The predicted octanol–water partition coefficient (Wildman–Crippen LogP) is 1.61. The maximum atomic E-state index is 12.1. The third kappa shape index (κ3) is 3.51. The monoisotopic (exact) mass is 333 g/mol. The van der Waals surface area contributed by atoms with E-state index in [1.807, 2.05) is 17.5 Å². The summed E-state index contributed by atoms with van der Waals surface area (Å²) >= 11 is 1.59. The number of carbonyl (C=O) groups excluding carboxylic acids is 1. The second-order valence-electron chi connectivity index (χ2n) is 5.53. The summed E-state index contributed by atoms with van der Waals surface area (Å²) in [5.41, 5.74) is 0.642. The largest absolute Gasteiger partial charge is 0.375 e. The first-order chi connectivity index (χ1) is 11.2. The smallest absolute Gasteiger partial charge is 0.266 e. The molecule has 0 aromatic carbocycles. The molecule has 23 heavy (non-hydrogen) atoms. The van der Waals surface area contributed by atoms with Gasteiger partial charge in [0.15, 0.2) is 0 Å². The molecule has 7 heteroatoms. The van der Waals surface area contributed by atoms with Crippen molar-refractivity contribution in [3.63, 3.8) is 0 Å². The van der Waals surface area contributed by atoms with Crippen molar-refractivity contribution < 1.29 is 9.53 Å². The van der Waals surface area contributed by atoms with E-state index in [-0.39, 0.29) is 24.1 Å². The number of aromatic nitrogens is 2. The summed E-state index contributed by atoms with van der Waals surface area (Å²) in [7, 11) is 1.51. The van der Waals surface area contributed by atoms with Gasteiger partial charge in [-0.3, -0.25) is 9.59 Å². The number of carbonyl (C=O) groups is 1. The van der Waals surface area contributed by atoms with Crippen LogP contribution in [0, 0.1) is 0 Å². The van der Waals surface area contributed by atoms with Crippen molar-refractivity contribution >= 4 is 17.2 Å². The van der Waals surface area contributed by atoms with Crippen LogP contribution in [0.15, 0.2) is 34.4 Å². The van der Waals surface area contributed by atoms with Gasteiger partial charge in [0.05, 0.1) is 17.5 Å². The van der Waals surface area contributed by atoms with Gasteiger partial charge in [-0.25, -0.2) is 4.68 Å². The minimum atomic E-state index is -0.142. The number of thiophene rings is 1. The average Bonchev–Trinajstić information content (AvgIpc) is 3.21. The lowest BCUT2D eigenvalue weighted by molar-refractivity contribution is -0.136. The van der Waals surface area contributed by atoms with Gasteiger partial charge in [-0.05, 0) is 30.4 Å². The zero-order valence-electron chi connectivity index (χ0n) is 13.0. The molecule has 0 unspecified atom stereocenters. The van der Waals surface area contributed by atoms with Crippen molar-refractivity contribution in [2.24, 2.45) is 0 Å². The van der Waals surface area contributed by atoms with Gasteiger partial charge in [0.2, 0.25) is 5.91 Å². The van der Waals surface area contributed by atoms with Gasteiger partial charge in [-0.1, -0.05) is 6.07 Å². The SMILES string of the molecule is COCC(=O)N1CCC[C@H]1Cn1nc(-c2cccs2)ccc1=O. The summed E-state index contributed by atoms with van der Waals surface area (Å²) in [6, 6.07) is 7.22. The quantitative estimate of drug-likeness (QED) is 0.834. The normalized spacial score (nSPS) is 17.6. The Hall–Kier alpha value is -1.99. The van der Waals surface area contributed by atoms with Crippen LogP contribution >= 0.6 is 11.3 Å². The van der Waals surface area contributed by atoms with Crippen LogP contribution in [0.3, 0.4) is 0 Å². The van der Waals surface area contributed by atoms with E-state index < -0.39 is 0 Å². The number of hydrogen-bond donors (Lipinski definition) is 0. The molecule has 1 saturated heterocycles. The summed E-state index contributed by atoms with van der Waals surface area (Å²) in [6.07, 6.45) is 1.83. The number of methoxy groups -OCH3 is 1. The van der Waals surface area contributed by atoms with Crippen molar-refractivity contribution in [2.75, 3.05) is 20.3 Å². The van der Waals surface area contributed by atoms with E-state index in [1.54, 1.807) is 28.4 Å². The zero-order chi connectivity index (χ0) is 16.2. The maximum Gasteiger partial charge on any atom is 0.266 e. The molecule has 1 fully saturated rings. The van der Waals surface area contributed by atoms with Crippen LogP contribution in [0.1, 0.15) is 12.8 Å². The van der Waals surface area contributed by atoms with Crippen LogP contribution in [0.4, 0.5) is 0 Å². The van der Waals surface area contributed by atoms with E-state index in [4.69, 9.17) is 4.74 Å². The Morgan fingerprint density at radius 1 is 1.43 bits per heavy atom. The highest BCUT2D eigenvalue weighted by atomic mass is 32.1. The molecule has 3 heterocycles. The van der Waals surface area contributed by atoms with Crippen molar-refractivity contribution in [1.29, 1.82) is 0 Å². The second-order valence-corrected chi connectivity index (χ2v) is 6.48. The second kappa shape index (κ2) is 7.06. The first-order valence-electron chi connectivity index (χ1n) is 7.59. The Labute approximate surface area is 138 Å². The van der Waals surface area contributed by atoms with Crippen LogP contribution in [-0.4, -0.2) is 46.9 Å². The molecule has 0 N–H and O–H groups in total. The topological polar surface area (TPSA) is 64.4 Å². The number of rotatable bonds is 5. The summed E-state index contributed by atoms with van der Waals surface area (Å²) in [4.78, 5) is 27.0. The van der Waals surface area contributed by atoms with E-state index in [9.17, 15) is 9.59 Å². The molecule has 0 radical (unpaired) electrons. The van der Waals surface area contributed by atoms with Crippen molar-refractivity contribution in [1.82, 2.24) is 14.7 Å². The number of amides is 1. The molecule has 6 nitrogen and oxygen atoms in total. The minimum absolute atomic E-state index is 0.00133. The number of ether oxygens (including phenoxy) is 1. The van der Waals surface area contributed by atoms with E-state index in [0.29, 0.717) is 13.1 Å². The Bertz CT molecular complexity index is 726. The maximum absolute atomic E-state index is 12.1. The standard InChI is InChI=1S/C16H19N3O3S/c1-22-11-16(21)18-8-2-4-12(18)10-19-15(20)7-6-13(17-19)14-5-3-9-23-14/h3,5-7,9,12H,2,4,8,10-11H2,1H3/t12-/m0/s1. The van der Waals surface area contributed by atoms with Crippen molar-refractivity contribution in [3.8, 4) is 10.6 Å². The van der Waals surface area contributed by atoms with E-state index in [1.165, 1.54) is 11.8 Å². The lowest BCUT2D eigenvalue weighted by atomic mass is 10.2. The van der Waals surface area contributed by atoms with Crippen LogP contribution in [-0.2, 0) is 16.1 Å². The first kappa shape index (κ1) is 15.9. The number of likely N-dealkylation sites (tertiary alicyclic amines) is 1. The highest BCUT2D eigenvalue weighted by Crippen LogP contribution is 2.22. The van der Waals surface area contributed by atoms with E-state index in [2.05, 4.69) is 5.10 Å². The third-order valence-electron chi connectivity index (χ3n) is 3.99. The zero-order valence-corrected chi connectivity index (χ0v) is 13.8. The summed E-state index contributed by atoms with van der Waals surface area (Å²) < 4.78 is 6.40. The average molecular weight is 333 g/mol. The molecule has 1 aliphatic rings. The van der Waals surface area contributed by atoms with Crippen LogP contribution in [0.25, 0.3) is 10.6 Å². The van der Waals surface area contributed by atoms with E-state index in [0.717, 1.165) is 23.4 Å². The van der Waals surface area contributed by atoms with Gasteiger partial charge in [0.1, 0.15) is 12.3 Å². The first-order valence-corrected chi connectivity index (χ1v) is 8.47. The van der Waals surface area contributed by atoms with Gasteiger partial charge in [0.25, 0.3) is 5.56 Å². The van der Waals surface area contributed by atoms with Gasteiger partial charge in [0, 0.05) is 19.7 Å². The summed E-state index contributed by atoms with van der Waals surface area (Å²) in [5.74, 6) is -0.0301. The highest BCUT2D eigenvalue weighted by molar-refractivity contribution is 7.13. The lowest BCUT2D eigenvalue weighted by Crippen LogP contribution is -2.42. The molecule has 0 saturated carbocycles. The van der Waals surface area contributed by atoms with Gasteiger partial charge >= 0.3 is 0 Å². The molecule has 1 amide bonds. The fraction of sp³-hybridized carbons (Fsp3) is 0.438. The lowest BCUT2D eigenvalue weighted by Gasteiger charge is -2.24. The van der Waals surface area contributed by atoms with Crippen LogP contribution < -0.4 is 5.56 Å². The number of nitrogens with zero attached hydrogens (tertiary/aromatic N) is 3. The molecular weight excluding hydrogens is 314 g/mol. The highest BCUT2D eigenvalue weighted by Gasteiger charge is 2.29. The molecular formula is C16H19N3O3S. The molecule has 0 aliphatic carbocycles. The van der Waals surface area contributed by atoms with Crippen LogP contribution in [0.5, 0.6) is 0 Å². The van der Waals surface area contributed by atoms with Gasteiger partial charge in [-0.2, -0.15) is 5.10 Å².